The number of likely N-dealkylation sites (N-methyl/N-ethyl adjacent to an activating group) is 1. The van der Waals surface area contributed by atoms with Crippen LogP contribution in [0.3, 0.4) is 0 Å². The maximum absolute atomic E-state index is 8.56. The fourth-order valence-corrected chi connectivity index (χ4v) is 4.88. The molecule has 1 unspecified atom stereocenters. The van der Waals surface area contributed by atoms with Gasteiger partial charge in [0.15, 0.2) is 0 Å². The van der Waals surface area contributed by atoms with Gasteiger partial charge in [0.1, 0.15) is 0 Å². The quantitative estimate of drug-likeness (QED) is 0.210. The Hall–Kier alpha value is -0.980. The smallest absolute Gasteiger partial charge is 0.0700 e. The largest absolute Gasteiger partial charge is 0.367 e. The normalized spacial score (nSPS) is 17.4. The van der Waals surface area contributed by atoms with Crippen LogP contribution in [-0.2, 0) is 0 Å². The van der Waals surface area contributed by atoms with Gasteiger partial charge in [0.25, 0.3) is 0 Å². The van der Waals surface area contributed by atoms with Gasteiger partial charge in [0.2, 0.25) is 0 Å². The molecule has 6 heteroatoms. The summed E-state index contributed by atoms with van der Waals surface area (Å²) in [4.78, 5) is 13.8. The van der Waals surface area contributed by atoms with Gasteiger partial charge >= 0.3 is 0 Å². The summed E-state index contributed by atoms with van der Waals surface area (Å²) in [6.07, 6.45) is 15.4. The summed E-state index contributed by atoms with van der Waals surface area (Å²) in [6.45, 7) is 8.35. The molecule has 2 aliphatic rings. The van der Waals surface area contributed by atoms with E-state index in [2.05, 4.69) is 59.4 Å². The van der Waals surface area contributed by atoms with Crippen molar-refractivity contribution in [1.82, 2.24) is 4.31 Å². The van der Waals surface area contributed by atoms with E-state index < -0.39 is 0 Å². The highest BCUT2D eigenvalue weighted by Gasteiger charge is 2.22. The number of hydrogen-bond acceptors (Lipinski definition) is 6. The molecule has 0 amide bonds. The fraction of sp³-hybridized carbons (Fsp3) is 0.652. The molecule has 4 nitrogen and oxygen atoms in total. The number of allylic oxidation sites excluding steroid dienone is 1. The molecule has 0 radical (unpaired) electrons. The van der Waals surface area contributed by atoms with Gasteiger partial charge in [0.05, 0.1) is 12.7 Å². The molecule has 0 N–H and O–H groups in total. The third-order valence-electron chi connectivity index (χ3n) is 5.21. The van der Waals surface area contributed by atoms with Crippen LogP contribution < -0.4 is 4.90 Å². The van der Waals surface area contributed by atoms with Gasteiger partial charge in [0, 0.05) is 28.9 Å². The van der Waals surface area contributed by atoms with Crippen LogP contribution in [-0.4, -0.2) is 43.8 Å². The predicted molar refractivity (Wildman–Crippen MR) is 132 cm³/mol. The van der Waals surface area contributed by atoms with Gasteiger partial charge in [-0.25, -0.2) is 4.31 Å². The highest BCUT2D eigenvalue weighted by molar-refractivity contribution is 7.98. The van der Waals surface area contributed by atoms with Crippen LogP contribution in [0.4, 0.5) is 5.69 Å². The van der Waals surface area contributed by atoms with Gasteiger partial charge in [-0.15, -0.1) is 18.3 Å². The molecule has 1 heterocycles. The standard InChI is InChI=1S/C16H24N2S2.C6H12.CH3NO/c1-5-6-7-13(2)18-11-10-17(3)20-16-9-8-14(19-4)12-15(16)18;1-2-4-6-5-3-1;1-2-3/h5,8-9,12-13H,1,6-7,10-11H2,2-4H3;1-6H2;1H3. The topological polar surface area (TPSA) is 35.9 Å². The molecule has 29 heavy (non-hydrogen) atoms. The van der Waals surface area contributed by atoms with Gasteiger partial charge < -0.3 is 4.90 Å². The molecule has 1 aromatic rings. The second kappa shape index (κ2) is 15.8. The van der Waals surface area contributed by atoms with E-state index in [-0.39, 0.29) is 0 Å². The molecule has 0 aromatic heterocycles. The molecule has 1 aromatic carbocycles. The lowest BCUT2D eigenvalue weighted by molar-refractivity contribution is 0.504. The Morgan fingerprint density at radius 3 is 2.31 bits per heavy atom. The third-order valence-corrected chi connectivity index (χ3v) is 6.97. The fourth-order valence-electron chi connectivity index (χ4n) is 3.54. The first-order valence-electron chi connectivity index (χ1n) is 10.7. The van der Waals surface area contributed by atoms with Crippen LogP contribution in [0.15, 0.2) is 45.8 Å². The lowest BCUT2D eigenvalue weighted by atomic mass is 10.0. The van der Waals surface area contributed by atoms with E-state index in [1.807, 2.05) is 29.8 Å². The molecule has 1 atom stereocenters. The summed E-state index contributed by atoms with van der Waals surface area (Å²) < 4.78 is 2.33. The lowest BCUT2D eigenvalue weighted by Crippen LogP contribution is -2.36. The Morgan fingerprint density at radius 1 is 1.21 bits per heavy atom. The zero-order chi connectivity index (χ0) is 21.5. The molecule has 1 fully saturated rings. The van der Waals surface area contributed by atoms with Crippen molar-refractivity contribution in [3.8, 4) is 0 Å². The van der Waals surface area contributed by atoms with Gasteiger partial charge in [-0.2, -0.15) is 4.91 Å². The van der Waals surface area contributed by atoms with Crippen molar-refractivity contribution in [3.05, 3.63) is 35.8 Å². The third kappa shape index (κ3) is 10.1. The zero-order valence-electron chi connectivity index (χ0n) is 18.7. The minimum absolute atomic E-state index is 0.552. The van der Waals surface area contributed by atoms with Crippen molar-refractivity contribution in [1.29, 1.82) is 0 Å². The van der Waals surface area contributed by atoms with Crippen LogP contribution in [0.25, 0.3) is 0 Å². The number of hydrogen-bond donors (Lipinski definition) is 0. The highest BCUT2D eigenvalue weighted by Crippen LogP contribution is 2.38. The molecule has 3 rings (SSSR count). The van der Waals surface area contributed by atoms with Crippen molar-refractivity contribution < 1.29 is 0 Å². The van der Waals surface area contributed by atoms with E-state index in [1.54, 1.807) is 0 Å². The van der Waals surface area contributed by atoms with Crippen LogP contribution in [0.1, 0.15) is 58.3 Å². The maximum Gasteiger partial charge on any atom is 0.0700 e. The number of fused-ring (bicyclic) bond motifs is 1. The number of thioether (sulfide) groups is 1. The first-order chi connectivity index (χ1) is 14.1. The number of rotatable bonds is 5. The van der Waals surface area contributed by atoms with Crippen molar-refractivity contribution >= 4 is 29.4 Å². The predicted octanol–water partition coefficient (Wildman–Crippen LogP) is 7.25. The molecular formula is C23H39N3OS2. The second-order valence-corrected chi connectivity index (χ2v) is 9.61. The monoisotopic (exact) mass is 437 g/mol. The first kappa shape index (κ1) is 26.1. The van der Waals surface area contributed by atoms with Crippen LogP contribution in [0, 0.1) is 4.91 Å². The van der Waals surface area contributed by atoms with E-state index >= 15 is 0 Å². The number of benzene rings is 1. The van der Waals surface area contributed by atoms with Gasteiger partial charge in [-0.1, -0.05) is 49.8 Å². The number of nitroso groups, excluding NO2 is 1. The van der Waals surface area contributed by atoms with Gasteiger partial charge in [-0.05, 0) is 63.2 Å². The van der Waals surface area contributed by atoms with E-state index in [0.29, 0.717) is 6.04 Å². The average molecular weight is 438 g/mol. The summed E-state index contributed by atoms with van der Waals surface area (Å²) in [5.74, 6) is 0. The summed E-state index contributed by atoms with van der Waals surface area (Å²) in [5.41, 5.74) is 1.39. The zero-order valence-corrected chi connectivity index (χ0v) is 20.4. The van der Waals surface area contributed by atoms with Crippen molar-refractivity contribution in [2.24, 2.45) is 5.18 Å². The number of nitrogens with zero attached hydrogens (tertiary/aromatic N) is 3. The van der Waals surface area contributed by atoms with E-state index in [1.165, 1.54) is 67.5 Å². The Labute approximate surface area is 187 Å². The van der Waals surface area contributed by atoms with Crippen molar-refractivity contribution in [2.75, 3.05) is 38.3 Å². The first-order valence-corrected chi connectivity index (χ1v) is 12.7. The molecule has 1 aliphatic carbocycles. The molecule has 0 bridgehead atoms. The molecule has 164 valence electrons. The molecule has 0 saturated heterocycles. The molecule has 0 spiro atoms. The summed E-state index contributed by atoms with van der Waals surface area (Å²) >= 11 is 3.67. The van der Waals surface area contributed by atoms with Crippen LogP contribution in [0.2, 0.25) is 0 Å². The van der Waals surface area contributed by atoms with Crippen LogP contribution in [0.5, 0.6) is 0 Å². The van der Waals surface area contributed by atoms with E-state index in [9.17, 15) is 0 Å². The van der Waals surface area contributed by atoms with Crippen LogP contribution >= 0.6 is 23.7 Å². The molecule has 1 saturated carbocycles. The minimum atomic E-state index is 0.552. The molecule has 1 aliphatic heterocycles. The Kier molecular flexibility index (Phi) is 14.2. The Balaban J connectivity index is 0.000000387. The Bertz CT molecular complexity index is 582. The Morgan fingerprint density at radius 2 is 1.79 bits per heavy atom. The SMILES string of the molecule is C1CCCCC1.C=CCCC(C)N1CCN(C)Sc2ccc(SC)cc21.CN=O. The molecular weight excluding hydrogens is 398 g/mol. The second-order valence-electron chi connectivity index (χ2n) is 7.49. The van der Waals surface area contributed by atoms with E-state index in [4.69, 9.17) is 4.91 Å². The minimum Gasteiger partial charge on any atom is -0.367 e. The lowest BCUT2D eigenvalue weighted by Gasteiger charge is -2.31. The summed E-state index contributed by atoms with van der Waals surface area (Å²) in [6, 6.07) is 7.38. The van der Waals surface area contributed by atoms with E-state index in [0.717, 1.165) is 19.5 Å². The number of anilines is 1. The summed E-state index contributed by atoms with van der Waals surface area (Å²) in [7, 11) is 3.37. The summed E-state index contributed by atoms with van der Waals surface area (Å²) in [5, 5.41) is 2.25. The average Bonchev–Trinajstić information content (AvgIpc) is 2.92. The maximum atomic E-state index is 8.56. The van der Waals surface area contributed by atoms with Gasteiger partial charge in [-0.3, -0.25) is 0 Å². The van der Waals surface area contributed by atoms with Crippen molar-refractivity contribution in [2.45, 2.75) is 74.1 Å². The highest BCUT2D eigenvalue weighted by atomic mass is 32.2. The van der Waals surface area contributed by atoms with Crippen molar-refractivity contribution in [3.63, 3.8) is 0 Å².